The second kappa shape index (κ2) is 2.56. The Hall–Kier alpha value is -1.25. The monoisotopic (exact) mass is 136 g/mol. The molecular formula is C5H5BN2O2. The predicted octanol–water partition coefficient (Wildman–Crippen LogP) is -1.43. The fourth-order valence-electron chi connectivity index (χ4n) is 0.625. The first kappa shape index (κ1) is 6.87. The van der Waals surface area contributed by atoms with Crippen molar-refractivity contribution in [3.8, 4) is 6.07 Å². The van der Waals surface area contributed by atoms with Gasteiger partial charge in [-0.25, -0.2) is 0 Å². The number of hydrogen-bond acceptors (Lipinski definition) is 3. The van der Waals surface area contributed by atoms with Crippen molar-refractivity contribution < 1.29 is 10.0 Å². The van der Waals surface area contributed by atoms with Crippen LogP contribution in [0.3, 0.4) is 0 Å². The molecule has 0 saturated heterocycles. The average Bonchev–Trinajstić information content (AvgIpc) is 2.34. The van der Waals surface area contributed by atoms with Gasteiger partial charge in [-0.3, -0.25) is 0 Å². The van der Waals surface area contributed by atoms with Gasteiger partial charge in [0.15, 0.2) is 0 Å². The van der Waals surface area contributed by atoms with Gasteiger partial charge in [0.25, 0.3) is 0 Å². The SMILES string of the molecule is N#Cc1cc(B(O)O)c[nH]1. The highest BCUT2D eigenvalue weighted by atomic mass is 16.4. The lowest BCUT2D eigenvalue weighted by atomic mass is 9.83. The van der Waals surface area contributed by atoms with Crippen LogP contribution in [-0.2, 0) is 0 Å². The Morgan fingerprint density at radius 3 is 2.60 bits per heavy atom. The maximum atomic E-state index is 8.56. The van der Waals surface area contributed by atoms with Gasteiger partial charge in [0.2, 0.25) is 0 Å². The zero-order valence-corrected chi connectivity index (χ0v) is 5.07. The van der Waals surface area contributed by atoms with E-state index in [0.29, 0.717) is 11.2 Å². The molecule has 0 spiro atoms. The molecule has 4 nitrogen and oxygen atoms in total. The van der Waals surface area contributed by atoms with Crippen LogP contribution in [0.1, 0.15) is 5.69 Å². The van der Waals surface area contributed by atoms with Gasteiger partial charge in [-0.1, -0.05) is 0 Å². The number of nitrogens with one attached hydrogen (secondary N) is 1. The Morgan fingerprint density at radius 1 is 1.60 bits per heavy atom. The van der Waals surface area contributed by atoms with Crippen LogP contribution in [0.5, 0.6) is 0 Å². The van der Waals surface area contributed by atoms with Crippen molar-refractivity contribution in [2.24, 2.45) is 0 Å². The van der Waals surface area contributed by atoms with Crippen molar-refractivity contribution in [3.05, 3.63) is 18.0 Å². The van der Waals surface area contributed by atoms with Gasteiger partial charge in [0.1, 0.15) is 11.8 Å². The third-order valence-electron chi connectivity index (χ3n) is 1.12. The lowest BCUT2D eigenvalue weighted by molar-refractivity contribution is 0.426. The second-order valence-corrected chi connectivity index (χ2v) is 1.83. The molecule has 0 fully saturated rings. The molecule has 0 saturated carbocycles. The molecule has 0 radical (unpaired) electrons. The van der Waals surface area contributed by atoms with Crippen LogP contribution >= 0.6 is 0 Å². The molecule has 5 heteroatoms. The highest BCUT2D eigenvalue weighted by Gasteiger charge is 2.11. The minimum Gasteiger partial charge on any atom is -0.423 e. The van der Waals surface area contributed by atoms with Gasteiger partial charge in [-0.15, -0.1) is 0 Å². The maximum Gasteiger partial charge on any atom is 0.490 e. The summed E-state index contributed by atoms with van der Waals surface area (Å²) in [4.78, 5) is 2.56. The third-order valence-corrected chi connectivity index (χ3v) is 1.12. The molecular weight excluding hydrogens is 131 g/mol. The van der Waals surface area contributed by atoms with Gasteiger partial charge in [0, 0.05) is 11.7 Å². The smallest absolute Gasteiger partial charge is 0.423 e. The fourth-order valence-corrected chi connectivity index (χ4v) is 0.625. The summed E-state index contributed by atoms with van der Waals surface area (Å²) in [7, 11) is -1.50. The first-order valence-corrected chi connectivity index (χ1v) is 2.68. The first-order valence-electron chi connectivity index (χ1n) is 2.68. The Morgan fingerprint density at radius 2 is 2.30 bits per heavy atom. The molecule has 0 unspecified atom stereocenters. The number of nitrogens with zero attached hydrogens (tertiary/aromatic N) is 1. The Bertz CT molecular complexity index is 263. The topological polar surface area (TPSA) is 80.0 Å². The zero-order chi connectivity index (χ0) is 7.56. The summed E-state index contributed by atoms with van der Waals surface area (Å²) >= 11 is 0. The summed E-state index contributed by atoms with van der Waals surface area (Å²) in [5.74, 6) is 0. The van der Waals surface area contributed by atoms with Gasteiger partial charge in [-0.2, -0.15) is 5.26 Å². The minimum absolute atomic E-state index is 0.302. The van der Waals surface area contributed by atoms with E-state index in [4.69, 9.17) is 15.3 Å². The van der Waals surface area contributed by atoms with E-state index in [9.17, 15) is 0 Å². The lowest BCUT2D eigenvalue weighted by Gasteiger charge is -1.87. The summed E-state index contributed by atoms with van der Waals surface area (Å²) in [6, 6.07) is 3.20. The van der Waals surface area contributed by atoms with Crippen LogP contribution in [0.15, 0.2) is 12.3 Å². The van der Waals surface area contributed by atoms with Crippen molar-refractivity contribution >= 4 is 12.6 Å². The molecule has 0 bridgehead atoms. The minimum atomic E-state index is -1.50. The summed E-state index contributed by atoms with van der Waals surface area (Å²) < 4.78 is 0. The molecule has 1 heterocycles. The van der Waals surface area contributed by atoms with E-state index in [2.05, 4.69) is 4.98 Å². The normalized spacial score (nSPS) is 8.90. The van der Waals surface area contributed by atoms with E-state index in [1.807, 2.05) is 6.07 Å². The maximum absolute atomic E-state index is 8.56. The van der Waals surface area contributed by atoms with Crippen molar-refractivity contribution in [1.82, 2.24) is 4.98 Å². The van der Waals surface area contributed by atoms with Crippen LogP contribution in [0.4, 0.5) is 0 Å². The Labute approximate surface area is 57.9 Å². The molecule has 50 valence electrons. The molecule has 10 heavy (non-hydrogen) atoms. The molecule has 0 aliphatic heterocycles. The van der Waals surface area contributed by atoms with Crippen molar-refractivity contribution in [2.75, 3.05) is 0 Å². The molecule has 1 aromatic heterocycles. The van der Waals surface area contributed by atoms with E-state index in [-0.39, 0.29) is 0 Å². The number of aromatic amines is 1. The van der Waals surface area contributed by atoms with Crippen LogP contribution < -0.4 is 5.46 Å². The lowest BCUT2D eigenvalue weighted by Crippen LogP contribution is -2.28. The highest BCUT2D eigenvalue weighted by Crippen LogP contribution is 1.88. The van der Waals surface area contributed by atoms with Crippen molar-refractivity contribution in [3.63, 3.8) is 0 Å². The summed E-state index contributed by atoms with van der Waals surface area (Å²) in [5, 5.41) is 25.4. The summed E-state index contributed by atoms with van der Waals surface area (Å²) in [6.45, 7) is 0. The molecule has 0 aliphatic carbocycles. The molecule has 1 aromatic rings. The summed E-state index contributed by atoms with van der Waals surface area (Å²) in [5.41, 5.74) is 0.625. The quantitative estimate of drug-likeness (QED) is 0.414. The molecule has 3 N–H and O–H groups in total. The standard InChI is InChI=1S/C5H5BN2O2/c7-2-5-1-4(3-8-5)6(9)10/h1,3,8-10H. The number of aromatic nitrogens is 1. The van der Waals surface area contributed by atoms with E-state index in [0.717, 1.165) is 0 Å². The molecule has 0 aliphatic rings. The van der Waals surface area contributed by atoms with Gasteiger partial charge in [-0.05, 0) is 6.07 Å². The largest absolute Gasteiger partial charge is 0.490 e. The fraction of sp³-hybridized carbons (Fsp3) is 0. The second-order valence-electron chi connectivity index (χ2n) is 1.83. The zero-order valence-electron chi connectivity index (χ0n) is 5.07. The van der Waals surface area contributed by atoms with E-state index in [1.54, 1.807) is 0 Å². The number of hydrogen-bond donors (Lipinski definition) is 3. The highest BCUT2D eigenvalue weighted by molar-refractivity contribution is 6.58. The van der Waals surface area contributed by atoms with Crippen molar-refractivity contribution in [1.29, 1.82) is 5.26 Å². The van der Waals surface area contributed by atoms with Crippen LogP contribution in [0.2, 0.25) is 0 Å². The number of nitriles is 1. The molecule has 0 amide bonds. The van der Waals surface area contributed by atoms with E-state index < -0.39 is 7.12 Å². The van der Waals surface area contributed by atoms with Gasteiger partial charge in [0.05, 0.1) is 0 Å². The Balaban J connectivity index is 2.91. The predicted molar refractivity (Wildman–Crippen MR) is 35.3 cm³/mol. The molecule has 1 rings (SSSR count). The third kappa shape index (κ3) is 1.18. The van der Waals surface area contributed by atoms with Crippen molar-refractivity contribution in [2.45, 2.75) is 0 Å². The van der Waals surface area contributed by atoms with Gasteiger partial charge >= 0.3 is 7.12 Å². The Kier molecular flexibility index (Phi) is 1.76. The van der Waals surface area contributed by atoms with Crippen LogP contribution in [0, 0.1) is 11.3 Å². The van der Waals surface area contributed by atoms with E-state index in [1.165, 1.54) is 12.3 Å². The van der Waals surface area contributed by atoms with Gasteiger partial charge < -0.3 is 15.0 Å². The van der Waals surface area contributed by atoms with E-state index >= 15 is 0 Å². The number of H-pyrrole nitrogens is 1. The molecule has 0 atom stereocenters. The first-order chi connectivity index (χ1) is 4.74. The number of rotatable bonds is 1. The van der Waals surface area contributed by atoms with Crippen LogP contribution in [-0.4, -0.2) is 22.2 Å². The average molecular weight is 136 g/mol. The summed E-state index contributed by atoms with van der Waals surface area (Å²) in [6.07, 6.45) is 1.38. The van der Waals surface area contributed by atoms with Crippen LogP contribution in [0.25, 0.3) is 0 Å². The molecule has 0 aromatic carbocycles.